The van der Waals surface area contributed by atoms with Gasteiger partial charge in [0.1, 0.15) is 0 Å². The number of thioether (sulfide) groups is 2. The summed E-state index contributed by atoms with van der Waals surface area (Å²) in [6.45, 7) is 0.897. The van der Waals surface area contributed by atoms with Crippen LogP contribution in [0.5, 0.6) is 0 Å². The number of carbonyl (C=O) groups is 1. The summed E-state index contributed by atoms with van der Waals surface area (Å²) in [6.07, 6.45) is 7.37. The second kappa shape index (κ2) is 7.53. The Labute approximate surface area is 164 Å². The first-order valence-electron chi connectivity index (χ1n) is 9.04. The van der Waals surface area contributed by atoms with Gasteiger partial charge in [-0.05, 0) is 72.7 Å². The van der Waals surface area contributed by atoms with Crippen LogP contribution in [0.3, 0.4) is 0 Å². The van der Waals surface area contributed by atoms with Gasteiger partial charge in [-0.25, -0.2) is 0 Å². The number of fused-ring (bicyclic) bond motifs is 1. The van der Waals surface area contributed by atoms with E-state index in [0.29, 0.717) is 6.04 Å². The monoisotopic (exact) mass is 381 g/mol. The number of hydrogen-bond acceptors (Lipinski definition) is 3. The molecule has 1 fully saturated rings. The smallest absolute Gasteiger partial charge is 0.255 e. The highest BCUT2D eigenvalue weighted by atomic mass is 32.2. The maximum atomic E-state index is 13.3. The van der Waals surface area contributed by atoms with Crippen LogP contribution >= 0.6 is 23.5 Å². The van der Waals surface area contributed by atoms with E-state index in [1.54, 1.807) is 23.5 Å². The summed E-state index contributed by atoms with van der Waals surface area (Å²) in [7, 11) is 0. The standard InChI is InChI=1S/C22H23NOS2/c1-25-18-9-5-15(6-10-18)20-14-17-4-3-13-23(17)22(24)21(20)16-7-11-19(26-2)12-8-16/h5-12,17H,3-4,13-14H2,1-2H3. The van der Waals surface area contributed by atoms with E-state index in [0.717, 1.165) is 36.9 Å². The Balaban J connectivity index is 1.83. The lowest BCUT2D eigenvalue weighted by Crippen LogP contribution is -2.39. The molecule has 2 aliphatic rings. The van der Waals surface area contributed by atoms with E-state index < -0.39 is 0 Å². The number of hydrogen-bond donors (Lipinski definition) is 0. The largest absolute Gasteiger partial charge is 0.335 e. The zero-order chi connectivity index (χ0) is 18.1. The molecule has 0 spiro atoms. The lowest BCUT2D eigenvalue weighted by atomic mass is 9.86. The molecule has 0 N–H and O–H groups in total. The zero-order valence-electron chi connectivity index (χ0n) is 15.2. The van der Waals surface area contributed by atoms with E-state index in [4.69, 9.17) is 0 Å². The number of rotatable bonds is 4. The van der Waals surface area contributed by atoms with Gasteiger partial charge in [0.2, 0.25) is 0 Å². The van der Waals surface area contributed by atoms with Gasteiger partial charge in [0, 0.05) is 22.4 Å². The fraction of sp³-hybridized carbons (Fsp3) is 0.318. The first kappa shape index (κ1) is 17.7. The summed E-state index contributed by atoms with van der Waals surface area (Å²) in [6, 6.07) is 17.5. The third kappa shape index (κ3) is 3.21. The van der Waals surface area contributed by atoms with E-state index in [1.807, 2.05) is 0 Å². The van der Waals surface area contributed by atoms with Crippen LogP contribution in [0, 0.1) is 0 Å². The van der Waals surface area contributed by atoms with Gasteiger partial charge in [0.05, 0.1) is 5.57 Å². The molecule has 0 saturated carbocycles. The third-order valence-electron chi connectivity index (χ3n) is 5.41. The average Bonchev–Trinajstić information content (AvgIpc) is 3.17. The van der Waals surface area contributed by atoms with Gasteiger partial charge in [-0.3, -0.25) is 4.79 Å². The molecule has 2 nitrogen and oxygen atoms in total. The van der Waals surface area contributed by atoms with E-state index in [-0.39, 0.29) is 5.91 Å². The summed E-state index contributed by atoms with van der Waals surface area (Å²) >= 11 is 3.48. The predicted molar refractivity (Wildman–Crippen MR) is 113 cm³/mol. The number of carbonyl (C=O) groups excluding carboxylic acids is 1. The lowest BCUT2D eigenvalue weighted by Gasteiger charge is -2.33. The first-order valence-corrected chi connectivity index (χ1v) is 11.5. The van der Waals surface area contributed by atoms with E-state index in [1.165, 1.54) is 20.9 Å². The molecule has 1 unspecified atom stereocenters. The molecule has 0 aliphatic carbocycles. The average molecular weight is 382 g/mol. The van der Waals surface area contributed by atoms with Gasteiger partial charge in [-0.1, -0.05) is 24.3 Å². The van der Waals surface area contributed by atoms with Crippen molar-refractivity contribution in [3.8, 4) is 0 Å². The fourth-order valence-electron chi connectivity index (χ4n) is 4.04. The topological polar surface area (TPSA) is 20.3 Å². The molecule has 1 atom stereocenters. The normalized spacial score (nSPS) is 19.8. The fourth-order valence-corrected chi connectivity index (χ4v) is 4.85. The SMILES string of the molecule is CSc1ccc(C2=C(c3ccc(SC)cc3)C(=O)N3CCCC3C2)cc1. The maximum absolute atomic E-state index is 13.3. The molecule has 2 aromatic carbocycles. The van der Waals surface area contributed by atoms with E-state index in [2.05, 4.69) is 65.9 Å². The van der Waals surface area contributed by atoms with Crippen LogP contribution in [-0.4, -0.2) is 35.9 Å². The molecule has 4 heteroatoms. The molecule has 2 heterocycles. The van der Waals surface area contributed by atoms with E-state index in [9.17, 15) is 4.79 Å². The van der Waals surface area contributed by atoms with Crippen molar-refractivity contribution in [2.24, 2.45) is 0 Å². The van der Waals surface area contributed by atoms with Gasteiger partial charge in [-0.15, -0.1) is 23.5 Å². The first-order chi connectivity index (χ1) is 12.7. The van der Waals surface area contributed by atoms with Crippen LogP contribution < -0.4 is 0 Å². The second-order valence-electron chi connectivity index (χ2n) is 6.81. The molecule has 4 rings (SSSR count). The van der Waals surface area contributed by atoms with Gasteiger partial charge in [0.15, 0.2) is 0 Å². The summed E-state index contributed by atoms with van der Waals surface area (Å²) in [5.74, 6) is 0.208. The van der Waals surface area contributed by atoms with Crippen molar-refractivity contribution in [3.05, 3.63) is 59.7 Å². The summed E-state index contributed by atoms with van der Waals surface area (Å²) in [5.41, 5.74) is 4.34. The highest BCUT2D eigenvalue weighted by Crippen LogP contribution is 2.41. The molecule has 0 radical (unpaired) electrons. The number of amides is 1. The number of benzene rings is 2. The van der Waals surface area contributed by atoms with Crippen molar-refractivity contribution in [3.63, 3.8) is 0 Å². The van der Waals surface area contributed by atoms with Crippen molar-refractivity contribution in [2.45, 2.75) is 35.1 Å². The summed E-state index contributed by atoms with van der Waals surface area (Å²) in [4.78, 5) is 17.9. The van der Waals surface area contributed by atoms with Gasteiger partial charge in [0.25, 0.3) is 5.91 Å². The zero-order valence-corrected chi connectivity index (χ0v) is 16.8. The quantitative estimate of drug-likeness (QED) is 0.658. The Morgan fingerprint density at radius 1 is 0.885 bits per heavy atom. The van der Waals surface area contributed by atoms with Crippen LogP contribution in [0.15, 0.2) is 58.3 Å². The van der Waals surface area contributed by atoms with Crippen LogP contribution in [-0.2, 0) is 4.79 Å². The Kier molecular flexibility index (Phi) is 5.14. The molecule has 1 amide bonds. The Morgan fingerprint density at radius 2 is 1.46 bits per heavy atom. The molecular formula is C22H23NOS2. The van der Waals surface area contributed by atoms with Crippen molar-refractivity contribution < 1.29 is 4.79 Å². The molecule has 2 aliphatic heterocycles. The molecule has 26 heavy (non-hydrogen) atoms. The summed E-state index contributed by atoms with van der Waals surface area (Å²) < 4.78 is 0. The van der Waals surface area contributed by atoms with Gasteiger partial charge < -0.3 is 4.90 Å². The summed E-state index contributed by atoms with van der Waals surface area (Å²) in [5, 5.41) is 0. The minimum atomic E-state index is 0.208. The molecule has 1 saturated heterocycles. The Bertz CT molecular complexity index is 839. The minimum absolute atomic E-state index is 0.208. The molecule has 2 aromatic rings. The van der Waals surface area contributed by atoms with Crippen molar-refractivity contribution in [1.82, 2.24) is 4.90 Å². The maximum Gasteiger partial charge on any atom is 0.255 e. The minimum Gasteiger partial charge on any atom is -0.335 e. The lowest BCUT2D eigenvalue weighted by molar-refractivity contribution is -0.126. The van der Waals surface area contributed by atoms with E-state index >= 15 is 0 Å². The Hall–Kier alpha value is -1.65. The molecular weight excluding hydrogens is 358 g/mol. The van der Waals surface area contributed by atoms with Crippen molar-refractivity contribution in [1.29, 1.82) is 0 Å². The van der Waals surface area contributed by atoms with Crippen LogP contribution in [0.1, 0.15) is 30.4 Å². The van der Waals surface area contributed by atoms with Crippen LogP contribution in [0.4, 0.5) is 0 Å². The number of nitrogens with zero attached hydrogens (tertiary/aromatic N) is 1. The van der Waals surface area contributed by atoms with Crippen LogP contribution in [0.25, 0.3) is 11.1 Å². The van der Waals surface area contributed by atoms with Gasteiger partial charge >= 0.3 is 0 Å². The van der Waals surface area contributed by atoms with Crippen molar-refractivity contribution >= 4 is 40.6 Å². The molecule has 0 bridgehead atoms. The van der Waals surface area contributed by atoms with Gasteiger partial charge in [-0.2, -0.15) is 0 Å². The Morgan fingerprint density at radius 3 is 2.04 bits per heavy atom. The second-order valence-corrected chi connectivity index (χ2v) is 8.57. The molecule has 134 valence electrons. The van der Waals surface area contributed by atoms with Crippen molar-refractivity contribution in [2.75, 3.05) is 19.1 Å². The highest BCUT2D eigenvalue weighted by Gasteiger charge is 2.37. The predicted octanol–water partition coefficient (Wildman–Crippen LogP) is 5.44. The van der Waals surface area contributed by atoms with Crippen LogP contribution in [0.2, 0.25) is 0 Å². The third-order valence-corrected chi connectivity index (χ3v) is 6.90. The molecule has 0 aromatic heterocycles. The highest BCUT2D eigenvalue weighted by molar-refractivity contribution is 7.98.